The summed E-state index contributed by atoms with van der Waals surface area (Å²) in [6.45, 7) is -0.143. The van der Waals surface area contributed by atoms with E-state index in [9.17, 15) is 9.18 Å². The Labute approximate surface area is 155 Å². The molecule has 1 heterocycles. The van der Waals surface area contributed by atoms with Crippen LogP contribution in [0.25, 0.3) is 22.2 Å². The summed E-state index contributed by atoms with van der Waals surface area (Å²) in [5.41, 5.74) is 3.82. The van der Waals surface area contributed by atoms with Crippen molar-refractivity contribution in [2.24, 2.45) is 0 Å². The number of hydrogen-bond acceptors (Lipinski definition) is 2. The second-order valence-electron chi connectivity index (χ2n) is 6.14. The number of ether oxygens (including phenoxy) is 1. The van der Waals surface area contributed by atoms with Gasteiger partial charge in [-0.1, -0.05) is 30.3 Å². The lowest BCUT2D eigenvalue weighted by Crippen LogP contribution is -2.20. The van der Waals surface area contributed by atoms with Crippen LogP contribution in [0, 0.1) is 5.82 Å². The Kier molecular flexibility index (Phi) is 4.58. The fraction of sp³-hybridized carbons (Fsp3) is 0.0455. The Morgan fingerprint density at radius 3 is 2.44 bits per heavy atom. The fourth-order valence-corrected chi connectivity index (χ4v) is 2.84. The number of benzene rings is 3. The van der Waals surface area contributed by atoms with Crippen LogP contribution in [0.15, 0.2) is 78.9 Å². The van der Waals surface area contributed by atoms with Gasteiger partial charge in [0.05, 0.1) is 0 Å². The molecule has 0 saturated heterocycles. The van der Waals surface area contributed by atoms with E-state index in [0.29, 0.717) is 11.4 Å². The van der Waals surface area contributed by atoms with Gasteiger partial charge >= 0.3 is 0 Å². The number of aromatic amines is 1. The number of carbonyl (C=O) groups excluding carboxylic acids is 1. The normalized spacial score (nSPS) is 10.7. The van der Waals surface area contributed by atoms with Gasteiger partial charge in [-0.15, -0.1) is 0 Å². The molecule has 0 aliphatic rings. The molecule has 4 aromatic rings. The molecule has 0 radical (unpaired) electrons. The number of rotatable bonds is 5. The van der Waals surface area contributed by atoms with E-state index in [-0.39, 0.29) is 18.3 Å². The standard InChI is InChI=1S/C22H17FN2O2/c23-17-7-11-19(12-8-17)27-14-22(26)24-18-9-5-15(6-10-18)21-13-16-3-1-2-4-20(16)25-21/h1-13,25H,14H2,(H,24,26). The van der Waals surface area contributed by atoms with Gasteiger partial charge in [0.25, 0.3) is 5.91 Å². The number of anilines is 1. The van der Waals surface area contributed by atoms with Crippen molar-refractivity contribution in [3.8, 4) is 17.0 Å². The Bertz CT molecular complexity index is 1040. The summed E-state index contributed by atoms with van der Waals surface area (Å²) >= 11 is 0. The smallest absolute Gasteiger partial charge is 0.262 e. The molecule has 0 spiro atoms. The van der Waals surface area contributed by atoms with Gasteiger partial charge in [-0.25, -0.2) is 4.39 Å². The highest BCUT2D eigenvalue weighted by Gasteiger charge is 2.06. The molecule has 134 valence electrons. The molecule has 0 fully saturated rings. The van der Waals surface area contributed by atoms with E-state index in [1.165, 1.54) is 24.3 Å². The van der Waals surface area contributed by atoms with Crippen molar-refractivity contribution in [3.63, 3.8) is 0 Å². The molecule has 0 atom stereocenters. The minimum absolute atomic E-state index is 0.143. The highest BCUT2D eigenvalue weighted by Crippen LogP contribution is 2.25. The maximum Gasteiger partial charge on any atom is 0.262 e. The zero-order valence-electron chi connectivity index (χ0n) is 14.4. The van der Waals surface area contributed by atoms with Crippen molar-refractivity contribution >= 4 is 22.5 Å². The van der Waals surface area contributed by atoms with Crippen LogP contribution >= 0.6 is 0 Å². The molecule has 1 aromatic heterocycles. The summed E-state index contributed by atoms with van der Waals surface area (Å²) < 4.78 is 18.2. The average Bonchev–Trinajstić information content (AvgIpc) is 3.12. The first-order valence-electron chi connectivity index (χ1n) is 8.54. The van der Waals surface area contributed by atoms with Crippen molar-refractivity contribution < 1.29 is 13.9 Å². The summed E-state index contributed by atoms with van der Waals surface area (Å²) in [5.74, 6) is -0.180. The van der Waals surface area contributed by atoms with Crippen molar-refractivity contribution in [3.05, 3.63) is 84.7 Å². The van der Waals surface area contributed by atoms with Gasteiger partial charge in [0.15, 0.2) is 6.61 Å². The second kappa shape index (κ2) is 7.33. The van der Waals surface area contributed by atoms with Crippen LogP contribution in [-0.4, -0.2) is 17.5 Å². The number of H-pyrrole nitrogens is 1. The second-order valence-corrected chi connectivity index (χ2v) is 6.14. The average molecular weight is 360 g/mol. The van der Waals surface area contributed by atoms with Crippen molar-refractivity contribution in [1.82, 2.24) is 4.98 Å². The summed E-state index contributed by atoms with van der Waals surface area (Å²) in [6.07, 6.45) is 0. The zero-order valence-corrected chi connectivity index (χ0v) is 14.4. The molecule has 4 nitrogen and oxygen atoms in total. The molecule has 0 aliphatic heterocycles. The van der Waals surface area contributed by atoms with Crippen LogP contribution in [0.1, 0.15) is 0 Å². The molecule has 4 rings (SSSR count). The van der Waals surface area contributed by atoms with E-state index >= 15 is 0 Å². The van der Waals surface area contributed by atoms with Gasteiger partial charge in [-0.3, -0.25) is 4.79 Å². The number of para-hydroxylation sites is 1. The van der Waals surface area contributed by atoms with Crippen molar-refractivity contribution in [2.75, 3.05) is 11.9 Å². The van der Waals surface area contributed by atoms with Crippen LogP contribution in [0.5, 0.6) is 5.75 Å². The van der Waals surface area contributed by atoms with Gasteiger partial charge in [-0.05, 0) is 54.1 Å². The molecule has 27 heavy (non-hydrogen) atoms. The molecule has 1 amide bonds. The summed E-state index contributed by atoms with van der Waals surface area (Å²) in [6, 6.07) is 23.3. The van der Waals surface area contributed by atoms with Gasteiger partial charge in [0, 0.05) is 22.3 Å². The van der Waals surface area contributed by atoms with E-state index in [1.807, 2.05) is 42.5 Å². The Hall–Kier alpha value is -3.60. The SMILES string of the molecule is O=C(COc1ccc(F)cc1)Nc1ccc(-c2cc3ccccc3[nH]2)cc1. The molecule has 2 N–H and O–H groups in total. The third-order valence-electron chi connectivity index (χ3n) is 4.19. The predicted octanol–water partition coefficient (Wildman–Crippen LogP) is 4.99. The number of aromatic nitrogens is 1. The first-order valence-corrected chi connectivity index (χ1v) is 8.54. The van der Waals surface area contributed by atoms with Gasteiger partial charge in [0.1, 0.15) is 11.6 Å². The quantitative estimate of drug-likeness (QED) is 0.527. The van der Waals surface area contributed by atoms with Crippen LogP contribution in [-0.2, 0) is 4.79 Å². The maximum absolute atomic E-state index is 12.9. The van der Waals surface area contributed by atoms with Crippen LogP contribution < -0.4 is 10.1 Å². The number of nitrogens with one attached hydrogen (secondary N) is 2. The van der Waals surface area contributed by atoms with Crippen LogP contribution in [0.2, 0.25) is 0 Å². The molecular formula is C22H17FN2O2. The number of halogens is 1. The Balaban J connectivity index is 1.38. The Morgan fingerprint density at radius 2 is 1.70 bits per heavy atom. The first kappa shape index (κ1) is 16.8. The van der Waals surface area contributed by atoms with Crippen molar-refractivity contribution in [1.29, 1.82) is 0 Å². The zero-order chi connectivity index (χ0) is 18.6. The predicted molar refractivity (Wildman–Crippen MR) is 104 cm³/mol. The third kappa shape index (κ3) is 3.98. The van der Waals surface area contributed by atoms with E-state index in [4.69, 9.17) is 4.74 Å². The van der Waals surface area contributed by atoms with Crippen LogP contribution in [0.3, 0.4) is 0 Å². The lowest BCUT2D eigenvalue weighted by atomic mass is 10.1. The summed E-state index contributed by atoms with van der Waals surface area (Å²) in [4.78, 5) is 15.4. The first-order chi connectivity index (χ1) is 13.2. The molecule has 0 aliphatic carbocycles. The summed E-state index contributed by atoms with van der Waals surface area (Å²) in [5, 5.41) is 3.94. The molecule has 0 bridgehead atoms. The fourth-order valence-electron chi connectivity index (χ4n) is 2.84. The minimum Gasteiger partial charge on any atom is -0.484 e. The number of carbonyl (C=O) groups is 1. The third-order valence-corrected chi connectivity index (χ3v) is 4.19. The number of amides is 1. The lowest BCUT2D eigenvalue weighted by Gasteiger charge is -2.08. The van der Waals surface area contributed by atoms with E-state index in [1.54, 1.807) is 0 Å². The van der Waals surface area contributed by atoms with E-state index in [2.05, 4.69) is 22.4 Å². The lowest BCUT2D eigenvalue weighted by molar-refractivity contribution is -0.118. The van der Waals surface area contributed by atoms with Gasteiger partial charge in [-0.2, -0.15) is 0 Å². The summed E-state index contributed by atoms with van der Waals surface area (Å²) in [7, 11) is 0. The monoisotopic (exact) mass is 360 g/mol. The van der Waals surface area contributed by atoms with Gasteiger partial charge < -0.3 is 15.0 Å². The largest absolute Gasteiger partial charge is 0.484 e. The van der Waals surface area contributed by atoms with Gasteiger partial charge in [0.2, 0.25) is 0 Å². The topological polar surface area (TPSA) is 54.1 Å². The van der Waals surface area contributed by atoms with Crippen molar-refractivity contribution in [2.45, 2.75) is 0 Å². The highest BCUT2D eigenvalue weighted by atomic mass is 19.1. The molecule has 0 unspecified atom stereocenters. The number of hydrogen-bond donors (Lipinski definition) is 2. The molecule has 0 saturated carbocycles. The minimum atomic E-state index is -0.346. The Morgan fingerprint density at radius 1 is 0.963 bits per heavy atom. The maximum atomic E-state index is 12.9. The van der Waals surface area contributed by atoms with Crippen LogP contribution in [0.4, 0.5) is 10.1 Å². The highest BCUT2D eigenvalue weighted by molar-refractivity contribution is 5.92. The molecular weight excluding hydrogens is 343 g/mol. The van der Waals surface area contributed by atoms with E-state index < -0.39 is 0 Å². The van der Waals surface area contributed by atoms with E-state index in [0.717, 1.165) is 22.2 Å². The molecule has 5 heteroatoms. The number of fused-ring (bicyclic) bond motifs is 1. The molecule has 3 aromatic carbocycles.